The van der Waals surface area contributed by atoms with E-state index in [1.54, 1.807) is 31.7 Å². The van der Waals surface area contributed by atoms with Crippen LogP contribution in [0.4, 0.5) is 5.13 Å². The molecule has 9 nitrogen and oxygen atoms in total. The van der Waals surface area contributed by atoms with Gasteiger partial charge in [0.15, 0.2) is 5.13 Å². The molecule has 1 aliphatic heterocycles. The predicted octanol–water partition coefficient (Wildman–Crippen LogP) is 1.97. The molecule has 3 aromatic rings. The predicted molar refractivity (Wildman–Crippen MR) is 117 cm³/mol. The van der Waals surface area contributed by atoms with Crippen molar-refractivity contribution in [1.82, 2.24) is 25.2 Å². The average molecular weight is 439 g/mol. The summed E-state index contributed by atoms with van der Waals surface area (Å²) in [4.78, 5) is 38.7. The summed E-state index contributed by atoms with van der Waals surface area (Å²) in [6.45, 7) is 2.08. The number of hydrogen-bond acceptors (Lipinski definition) is 8. The van der Waals surface area contributed by atoms with Gasteiger partial charge in [0.05, 0.1) is 18.8 Å². The number of nitrogens with one attached hydrogen (secondary N) is 2. The van der Waals surface area contributed by atoms with Gasteiger partial charge in [0, 0.05) is 55.2 Å². The van der Waals surface area contributed by atoms with E-state index in [2.05, 4.69) is 25.6 Å². The van der Waals surface area contributed by atoms with E-state index in [9.17, 15) is 9.59 Å². The molecule has 160 valence electrons. The Balaban J connectivity index is 1.37. The van der Waals surface area contributed by atoms with Crippen molar-refractivity contribution in [2.24, 2.45) is 0 Å². The molecule has 2 amide bonds. The fourth-order valence-electron chi connectivity index (χ4n) is 3.27. The third-order valence-corrected chi connectivity index (χ3v) is 5.56. The normalized spacial score (nSPS) is 16.6. The van der Waals surface area contributed by atoms with E-state index < -0.39 is 0 Å². The number of amides is 2. The molecule has 1 fully saturated rings. The van der Waals surface area contributed by atoms with E-state index in [1.807, 2.05) is 28.5 Å². The van der Waals surface area contributed by atoms with Gasteiger partial charge in [-0.05, 0) is 12.1 Å². The summed E-state index contributed by atoms with van der Waals surface area (Å²) >= 11 is 1.39. The first kappa shape index (κ1) is 21.0. The van der Waals surface area contributed by atoms with E-state index in [0.717, 1.165) is 16.8 Å². The van der Waals surface area contributed by atoms with Gasteiger partial charge in [0.2, 0.25) is 5.91 Å². The minimum Gasteiger partial charge on any atom is -0.369 e. The summed E-state index contributed by atoms with van der Waals surface area (Å²) in [6, 6.07) is 7.40. The summed E-state index contributed by atoms with van der Waals surface area (Å²) in [7, 11) is 1.57. The largest absolute Gasteiger partial charge is 0.369 e. The van der Waals surface area contributed by atoms with Gasteiger partial charge in [0.25, 0.3) is 5.91 Å². The number of carbonyl (C=O) groups is 2. The molecule has 0 aromatic carbocycles. The molecule has 1 atom stereocenters. The molecule has 4 heterocycles. The SMILES string of the molecule is CNC(=O)c1ccc(-c2ccc([C@H]3CN(CC(=O)Nc4nccs4)CCO3)nc2)cn1. The maximum atomic E-state index is 12.2. The first-order valence-corrected chi connectivity index (χ1v) is 10.7. The monoisotopic (exact) mass is 438 g/mol. The maximum absolute atomic E-state index is 12.2. The van der Waals surface area contributed by atoms with Gasteiger partial charge in [0.1, 0.15) is 11.8 Å². The van der Waals surface area contributed by atoms with Crippen molar-refractivity contribution in [1.29, 1.82) is 0 Å². The number of morpholine rings is 1. The minimum atomic E-state index is -0.223. The molecule has 2 N–H and O–H groups in total. The van der Waals surface area contributed by atoms with Crippen molar-refractivity contribution in [2.45, 2.75) is 6.10 Å². The molecule has 1 aliphatic rings. The Bertz CT molecular complexity index is 1020. The highest BCUT2D eigenvalue weighted by Crippen LogP contribution is 2.24. The van der Waals surface area contributed by atoms with E-state index >= 15 is 0 Å². The van der Waals surface area contributed by atoms with Crippen molar-refractivity contribution in [3.05, 3.63) is 59.6 Å². The van der Waals surface area contributed by atoms with Crippen molar-refractivity contribution in [3.63, 3.8) is 0 Å². The Morgan fingerprint density at radius 1 is 1.16 bits per heavy atom. The van der Waals surface area contributed by atoms with Crippen LogP contribution >= 0.6 is 11.3 Å². The summed E-state index contributed by atoms with van der Waals surface area (Å²) in [5.74, 6) is -0.314. The van der Waals surface area contributed by atoms with Crippen LogP contribution in [-0.2, 0) is 9.53 Å². The second-order valence-corrected chi connectivity index (χ2v) is 7.86. The van der Waals surface area contributed by atoms with Crippen LogP contribution in [-0.4, -0.2) is 65.0 Å². The lowest BCUT2D eigenvalue weighted by atomic mass is 10.1. The number of anilines is 1. The van der Waals surface area contributed by atoms with Gasteiger partial charge in [-0.1, -0.05) is 12.1 Å². The van der Waals surface area contributed by atoms with Crippen LogP contribution in [0.15, 0.2) is 48.2 Å². The Morgan fingerprint density at radius 3 is 2.61 bits per heavy atom. The van der Waals surface area contributed by atoms with E-state index in [1.165, 1.54) is 11.3 Å². The average Bonchev–Trinajstić information content (AvgIpc) is 3.32. The quantitative estimate of drug-likeness (QED) is 0.606. The third kappa shape index (κ3) is 5.29. The van der Waals surface area contributed by atoms with E-state index in [0.29, 0.717) is 30.5 Å². The minimum absolute atomic E-state index is 0.0911. The lowest BCUT2D eigenvalue weighted by Gasteiger charge is -2.32. The fourth-order valence-corrected chi connectivity index (χ4v) is 3.81. The topological polar surface area (TPSA) is 109 Å². The summed E-state index contributed by atoms with van der Waals surface area (Å²) in [6.07, 6.45) is 4.88. The first-order chi connectivity index (χ1) is 15.1. The first-order valence-electron chi connectivity index (χ1n) is 9.80. The number of rotatable bonds is 6. The van der Waals surface area contributed by atoms with Crippen LogP contribution < -0.4 is 10.6 Å². The molecule has 4 rings (SSSR count). The zero-order valence-electron chi connectivity index (χ0n) is 16.9. The standard InChI is InChI=1S/C21H22N6O3S/c1-22-20(29)17-5-3-15(11-25-17)14-2-4-16(24-10-14)18-12-27(7-8-30-18)13-19(28)26-21-23-6-9-31-21/h2-6,9-11,18H,7-8,12-13H2,1H3,(H,22,29)(H,23,26,28)/t18-/m1/s1. The van der Waals surface area contributed by atoms with Crippen LogP contribution in [0, 0.1) is 0 Å². The number of aromatic nitrogens is 3. The van der Waals surface area contributed by atoms with Gasteiger partial charge in [-0.2, -0.15) is 0 Å². The molecule has 10 heteroatoms. The Morgan fingerprint density at radius 2 is 1.97 bits per heavy atom. The van der Waals surface area contributed by atoms with Crippen LogP contribution in [0.25, 0.3) is 11.1 Å². The second-order valence-electron chi connectivity index (χ2n) is 6.96. The Kier molecular flexibility index (Phi) is 6.60. The van der Waals surface area contributed by atoms with Gasteiger partial charge >= 0.3 is 0 Å². The molecular weight excluding hydrogens is 416 g/mol. The molecular formula is C21H22N6O3S. The van der Waals surface area contributed by atoms with Crippen LogP contribution in [0.1, 0.15) is 22.3 Å². The smallest absolute Gasteiger partial charge is 0.269 e. The molecule has 31 heavy (non-hydrogen) atoms. The molecule has 1 saturated heterocycles. The summed E-state index contributed by atoms with van der Waals surface area (Å²) in [5.41, 5.74) is 2.95. The van der Waals surface area contributed by atoms with Crippen molar-refractivity contribution in [3.8, 4) is 11.1 Å². The number of nitrogens with zero attached hydrogens (tertiary/aromatic N) is 4. The number of pyridine rings is 2. The zero-order valence-corrected chi connectivity index (χ0v) is 17.8. The number of carbonyl (C=O) groups excluding carboxylic acids is 2. The number of hydrogen-bond donors (Lipinski definition) is 2. The highest BCUT2D eigenvalue weighted by molar-refractivity contribution is 7.13. The van der Waals surface area contributed by atoms with Gasteiger partial charge in [-0.15, -0.1) is 11.3 Å². The zero-order chi connectivity index (χ0) is 21.6. The van der Waals surface area contributed by atoms with Gasteiger partial charge < -0.3 is 15.4 Å². The van der Waals surface area contributed by atoms with Gasteiger partial charge in [-0.25, -0.2) is 4.98 Å². The third-order valence-electron chi connectivity index (χ3n) is 4.87. The fraction of sp³-hybridized carbons (Fsp3) is 0.286. The van der Waals surface area contributed by atoms with Crippen LogP contribution in [0.3, 0.4) is 0 Å². The lowest BCUT2D eigenvalue weighted by molar-refractivity contribution is -0.119. The summed E-state index contributed by atoms with van der Waals surface area (Å²) in [5, 5.41) is 7.78. The van der Waals surface area contributed by atoms with Crippen molar-refractivity contribution >= 4 is 28.3 Å². The Hall–Kier alpha value is -3.21. The second kappa shape index (κ2) is 9.73. The molecule has 0 unspecified atom stereocenters. The molecule has 0 spiro atoms. The molecule has 0 bridgehead atoms. The molecule has 0 saturated carbocycles. The Labute approximate surface area is 183 Å². The molecule has 0 aliphatic carbocycles. The van der Waals surface area contributed by atoms with E-state index in [-0.39, 0.29) is 24.5 Å². The summed E-state index contributed by atoms with van der Waals surface area (Å²) < 4.78 is 5.88. The van der Waals surface area contributed by atoms with Crippen LogP contribution in [0.2, 0.25) is 0 Å². The van der Waals surface area contributed by atoms with Gasteiger partial charge in [-0.3, -0.25) is 24.5 Å². The van der Waals surface area contributed by atoms with E-state index in [4.69, 9.17) is 4.74 Å². The highest BCUT2D eigenvalue weighted by Gasteiger charge is 2.24. The van der Waals surface area contributed by atoms with Crippen LogP contribution in [0.5, 0.6) is 0 Å². The lowest BCUT2D eigenvalue weighted by Crippen LogP contribution is -2.42. The highest BCUT2D eigenvalue weighted by atomic mass is 32.1. The number of thiazole rings is 1. The van der Waals surface area contributed by atoms with Crippen molar-refractivity contribution < 1.29 is 14.3 Å². The molecule has 0 radical (unpaired) electrons. The molecule has 3 aromatic heterocycles. The number of ether oxygens (including phenoxy) is 1. The maximum Gasteiger partial charge on any atom is 0.269 e. The van der Waals surface area contributed by atoms with Crippen molar-refractivity contribution in [2.75, 3.05) is 38.6 Å².